The number of hydrogen-bond donors (Lipinski definition) is 0. The maximum Gasteiger partial charge on any atom is 0.101 e. The van der Waals surface area contributed by atoms with E-state index in [2.05, 4.69) is 23.1 Å². The zero-order chi connectivity index (χ0) is 13.0. The van der Waals surface area contributed by atoms with E-state index in [-0.39, 0.29) is 0 Å². The lowest BCUT2D eigenvalue weighted by Gasteiger charge is -2.29. The predicted molar refractivity (Wildman–Crippen MR) is 72.7 cm³/mol. The van der Waals surface area contributed by atoms with Crippen LogP contribution in [-0.2, 0) is 4.74 Å². The molecule has 0 fully saturated rings. The number of benzene rings is 1. The molecule has 0 amide bonds. The lowest BCUT2D eigenvalue weighted by Crippen LogP contribution is -2.29. The summed E-state index contributed by atoms with van der Waals surface area (Å²) in [6.07, 6.45) is 3.21. The van der Waals surface area contributed by atoms with Crippen molar-refractivity contribution in [3.63, 3.8) is 0 Å². The van der Waals surface area contributed by atoms with Crippen molar-refractivity contribution in [1.29, 1.82) is 5.26 Å². The van der Waals surface area contributed by atoms with Crippen molar-refractivity contribution in [3.05, 3.63) is 41.0 Å². The standard InChI is InChI=1S/C15H18N2O/c1-12-3-4-15(14(9-12)10-16)17-7-5-13(6-8-17)11-18-2/h3-5,9H,6-8,11H2,1-2H3. The molecule has 0 unspecified atom stereocenters. The molecule has 0 aliphatic carbocycles. The van der Waals surface area contributed by atoms with E-state index in [1.54, 1.807) is 7.11 Å². The first-order valence-corrected chi connectivity index (χ1v) is 6.17. The van der Waals surface area contributed by atoms with Crippen LogP contribution in [0.5, 0.6) is 0 Å². The van der Waals surface area contributed by atoms with Crippen LogP contribution < -0.4 is 4.90 Å². The molecule has 0 radical (unpaired) electrons. The van der Waals surface area contributed by atoms with Crippen LogP contribution in [0.4, 0.5) is 5.69 Å². The molecule has 0 spiro atoms. The number of aryl methyl sites for hydroxylation is 1. The number of anilines is 1. The van der Waals surface area contributed by atoms with Crippen molar-refractivity contribution in [2.45, 2.75) is 13.3 Å². The predicted octanol–water partition coefficient (Wildman–Crippen LogP) is 2.65. The van der Waals surface area contributed by atoms with Crippen LogP contribution in [0.1, 0.15) is 17.5 Å². The van der Waals surface area contributed by atoms with Gasteiger partial charge in [-0.1, -0.05) is 12.1 Å². The van der Waals surface area contributed by atoms with E-state index in [4.69, 9.17) is 4.74 Å². The van der Waals surface area contributed by atoms with E-state index in [1.807, 2.05) is 19.1 Å². The van der Waals surface area contributed by atoms with E-state index in [0.717, 1.165) is 36.3 Å². The summed E-state index contributed by atoms with van der Waals surface area (Å²) in [4.78, 5) is 2.25. The van der Waals surface area contributed by atoms with Crippen molar-refractivity contribution in [3.8, 4) is 6.07 Å². The largest absolute Gasteiger partial charge is 0.380 e. The Kier molecular flexibility index (Phi) is 4.01. The summed E-state index contributed by atoms with van der Waals surface area (Å²) in [5.41, 5.74) is 4.27. The lowest BCUT2D eigenvalue weighted by molar-refractivity contribution is 0.222. The Morgan fingerprint density at radius 3 is 2.89 bits per heavy atom. The first kappa shape index (κ1) is 12.7. The molecule has 1 heterocycles. The second kappa shape index (κ2) is 5.70. The molecule has 2 rings (SSSR count). The Labute approximate surface area is 108 Å². The third-order valence-electron chi connectivity index (χ3n) is 3.25. The quantitative estimate of drug-likeness (QED) is 0.764. The van der Waals surface area contributed by atoms with Gasteiger partial charge >= 0.3 is 0 Å². The third kappa shape index (κ3) is 2.72. The minimum absolute atomic E-state index is 0.715. The van der Waals surface area contributed by atoms with Gasteiger partial charge in [0.15, 0.2) is 0 Å². The van der Waals surface area contributed by atoms with Crippen molar-refractivity contribution in [2.24, 2.45) is 0 Å². The zero-order valence-electron chi connectivity index (χ0n) is 10.9. The average Bonchev–Trinajstić information content (AvgIpc) is 2.40. The Hall–Kier alpha value is -1.79. The summed E-state index contributed by atoms with van der Waals surface area (Å²) in [7, 11) is 1.72. The van der Waals surface area contributed by atoms with Gasteiger partial charge in [0, 0.05) is 20.2 Å². The lowest BCUT2D eigenvalue weighted by atomic mass is 10.1. The molecular weight excluding hydrogens is 224 g/mol. The number of nitrogens with zero attached hydrogens (tertiary/aromatic N) is 2. The molecule has 0 N–H and O–H groups in total. The fraction of sp³-hybridized carbons (Fsp3) is 0.400. The number of nitriles is 1. The molecule has 1 aromatic rings. The fourth-order valence-electron chi connectivity index (χ4n) is 2.26. The van der Waals surface area contributed by atoms with Crippen LogP contribution in [0.15, 0.2) is 29.8 Å². The van der Waals surface area contributed by atoms with E-state index < -0.39 is 0 Å². The fourth-order valence-corrected chi connectivity index (χ4v) is 2.26. The molecule has 0 atom stereocenters. The van der Waals surface area contributed by atoms with Crippen LogP contribution in [0.2, 0.25) is 0 Å². The summed E-state index contributed by atoms with van der Waals surface area (Å²) in [6.45, 7) is 4.54. The number of hydrogen-bond acceptors (Lipinski definition) is 3. The second-order valence-corrected chi connectivity index (χ2v) is 4.62. The molecule has 0 aromatic heterocycles. The normalized spacial score (nSPS) is 15.2. The summed E-state index contributed by atoms with van der Waals surface area (Å²) in [6, 6.07) is 8.34. The maximum absolute atomic E-state index is 9.20. The van der Waals surface area contributed by atoms with Gasteiger partial charge in [0.1, 0.15) is 6.07 Å². The molecule has 18 heavy (non-hydrogen) atoms. The molecule has 1 aliphatic heterocycles. The molecule has 94 valence electrons. The minimum atomic E-state index is 0.715. The highest BCUT2D eigenvalue weighted by Gasteiger charge is 2.15. The molecular formula is C15H18N2O. The van der Waals surface area contributed by atoms with E-state index in [1.165, 1.54) is 5.57 Å². The Morgan fingerprint density at radius 1 is 1.44 bits per heavy atom. The molecule has 3 heteroatoms. The van der Waals surface area contributed by atoms with E-state index in [9.17, 15) is 5.26 Å². The SMILES string of the molecule is COCC1=CCN(c2ccc(C)cc2C#N)CC1. The van der Waals surface area contributed by atoms with Gasteiger partial charge in [0.05, 0.1) is 17.9 Å². The van der Waals surface area contributed by atoms with Gasteiger partial charge in [-0.2, -0.15) is 5.26 Å². The highest BCUT2D eigenvalue weighted by atomic mass is 16.5. The van der Waals surface area contributed by atoms with Crippen LogP contribution >= 0.6 is 0 Å². The van der Waals surface area contributed by atoms with Crippen LogP contribution in [0, 0.1) is 18.3 Å². The molecule has 0 bridgehead atoms. The van der Waals surface area contributed by atoms with Gasteiger partial charge in [0.2, 0.25) is 0 Å². The first-order chi connectivity index (χ1) is 8.74. The van der Waals surface area contributed by atoms with Crippen molar-refractivity contribution >= 4 is 5.69 Å². The van der Waals surface area contributed by atoms with Gasteiger partial charge in [-0.25, -0.2) is 0 Å². The van der Waals surface area contributed by atoms with E-state index in [0.29, 0.717) is 6.61 Å². The Balaban J connectivity index is 2.17. The van der Waals surface area contributed by atoms with Crippen LogP contribution in [0.25, 0.3) is 0 Å². The third-order valence-corrected chi connectivity index (χ3v) is 3.25. The van der Waals surface area contributed by atoms with E-state index >= 15 is 0 Å². The number of methoxy groups -OCH3 is 1. The smallest absolute Gasteiger partial charge is 0.101 e. The average molecular weight is 242 g/mol. The Morgan fingerprint density at radius 2 is 2.28 bits per heavy atom. The van der Waals surface area contributed by atoms with Gasteiger partial charge in [0.25, 0.3) is 0 Å². The number of rotatable bonds is 3. The summed E-state index contributed by atoms with van der Waals surface area (Å²) in [5.74, 6) is 0. The van der Waals surface area contributed by atoms with Gasteiger partial charge in [-0.05, 0) is 36.6 Å². The molecule has 3 nitrogen and oxygen atoms in total. The minimum Gasteiger partial charge on any atom is -0.380 e. The number of ether oxygens (including phenoxy) is 1. The second-order valence-electron chi connectivity index (χ2n) is 4.62. The van der Waals surface area contributed by atoms with Gasteiger partial charge < -0.3 is 9.64 Å². The highest BCUT2D eigenvalue weighted by molar-refractivity contribution is 5.61. The first-order valence-electron chi connectivity index (χ1n) is 6.17. The monoisotopic (exact) mass is 242 g/mol. The summed E-state index contributed by atoms with van der Waals surface area (Å²) >= 11 is 0. The van der Waals surface area contributed by atoms with Crippen LogP contribution in [0.3, 0.4) is 0 Å². The van der Waals surface area contributed by atoms with Gasteiger partial charge in [-0.15, -0.1) is 0 Å². The topological polar surface area (TPSA) is 36.3 Å². The van der Waals surface area contributed by atoms with Gasteiger partial charge in [-0.3, -0.25) is 0 Å². The summed E-state index contributed by atoms with van der Waals surface area (Å²) < 4.78 is 5.14. The molecule has 1 aromatic carbocycles. The molecule has 1 aliphatic rings. The zero-order valence-corrected chi connectivity index (χ0v) is 10.9. The summed E-state index contributed by atoms with van der Waals surface area (Å²) in [5, 5.41) is 9.20. The maximum atomic E-state index is 9.20. The van der Waals surface area contributed by atoms with Crippen molar-refractivity contribution < 1.29 is 4.74 Å². The molecule has 0 saturated carbocycles. The Bertz CT molecular complexity index is 500. The van der Waals surface area contributed by atoms with Crippen LogP contribution in [-0.4, -0.2) is 26.8 Å². The van der Waals surface area contributed by atoms with Crippen molar-refractivity contribution in [2.75, 3.05) is 31.7 Å². The highest BCUT2D eigenvalue weighted by Crippen LogP contribution is 2.24. The van der Waals surface area contributed by atoms with Crippen molar-refractivity contribution in [1.82, 2.24) is 0 Å². The molecule has 0 saturated heterocycles.